The number of allylic oxidation sites excluding steroid dienone is 1. The molecule has 1 aliphatic heterocycles. The van der Waals surface area contributed by atoms with Crippen molar-refractivity contribution < 1.29 is 37.9 Å². The number of nitrogens with zero attached hydrogens (tertiary/aromatic N) is 3. The van der Waals surface area contributed by atoms with E-state index in [2.05, 4.69) is 29.1 Å². The summed E-state index contributed by atoms with van der Waals surface area (Å²) in [4.78, 5) is 3.42. The highest BCUT2D eigenvalue weighted by atomic mass is 16.7. The maximum atomic E-state index is 10.4. The van der Waals surface area contributed by atoms with E-state index in [1.54, 1.807) is 0 Å². The summed E-state index contributed by atoms with van der Waals surface area (Å²) in [5.74, 6) is 0. The molecule has 1 saturated heterocycles. The second kappa shape index (κ2) is 35.5. The average molecular weight is 1040 g/mol. The van der Waals surface area contributed by atoms with E-state index < -0.39 is 49.0 Å². The highest BCUT2D eigenvalue weighted by molar-refractivity contribution is 5.18. The highest BCUT2D eigenvalue weighted by Crippen LogP contribution is 2.33. The van der Waals surface area contributed by atoms with Crippen LogP contribution in [-0.4, -0.2) is 62.2 Å². The van der Waals surface area contributed by atoms with Gasteiger partial charge in [-0.05, 0) is 58.2 Å². The van der Waals surface area contributed by atoms with Crippen LogP contribution in [0, 0.1) is 0 Å². The van der Waals surface area contributed by atoms with Gasteiger partial charge in [0.2, 0.25) is 0 Å². The molecule has 0 bridgehead atoms. The van der Waals surface area contributed by atoms with Gasteiger partial charge in [-0.25, -0.2) is 0 Å². The van der Waals surface area contributed by atoms with Crippen molar-refractivity contribution in [1.82, 2.24) is 0 Å². The van der Waals surface area contributed by atoms with Crippen LogP contribution in [0.3, 0.4) is 0 Å². The van der Waals surface area contributed by atoms with Crippen molar-refractivity contribution in [2.45, 2.75) is 166 Å². The molecule has 0 radical (unpaired) electrons. The van der Waals surface area contributed by atoms with Crippen molar-refractivity contribution in [3.63, 3.8) is 0 Å². The first-order valence-electron chi connectivity index (χ1n) is 28.0. The van der Waals surface area contributed by atoms with Crippen LogP contribution in [0.25, 0.3) is 10.4 Å². The summed E-state index contributed by atoms with van der Waals surface area (Å²) >= 11 is 0. The second-order valence-electron chi connectivity index (χ2n) is 19.9. The van der Waals surface area contributed by atoms with Gasteiger partial charge in [-0.1, -0.05) is 258 Å². The lowest BCUT2D eigenvalue weighted by Gasteiger charge is -2.46. The first-order chi connectivity index (χ1) is 38.2. The molecule has 0 aromatic heterocycles. The molecule has 0 amide bonds. The molecule has 0 aliphatic carbocycles. The van der Waals surface area contributed by atoms with Gasteiger partial charge in [0.25, 0.3) is 0 Å². The molecule has 408 valence electrons. The number of hydrogen-bond acceptors (Lipinski definition) is 9. The molecule has 7 rings (SSSR count). The topological polar surface area (TPSA) is 123 Å². The summed E-state index contributed by atoms with van der Waals surface area (Å²) in [6.45, 7) is 4.10. The molecule has 8 atom stereocenters. The van der Waals surface area contributed by atoms with Crippen LogP contribution in [0.1, 0.15) is 111 Å². The zero-order chi connectivity index (χ0) is 53.2. The maximum Gasteiger partial charge on any atom is 0.186 e. The summed E-state index contributed by atoms with van der Waals surface area (Å²) in [5, 5.41) is 4.45. The van der Waals surface area contributed by atoms with Crippen molar-refractivity contribution in [3.8, 4) is 0 Å². The second-order valence-corrected chi connectivity index (χ2v) is 19.9. The number of unbranched alkanes of at least 4 members (excludes halogenated alkanes) is 9. The lowest BCUT2D eigenvalue weighted by molar-refractivity contribution is -0.329. The third-order valence-electron chi connectivity index (χ3n) is 13.8. The third kappa shape index (κ3) is 21.4. The lowest BCUT2D eigenvalue weighted by Crippen LogP contribution is -2.62. The van der Waals surface area contributed by atoms with Crippen LogP contribution in [0.4, 0.5) is 0 Å². The van der Waals surface area contributed by atoms with Crippen molar-refractivity contribution in [1.29, 1.82) is 0 Å². The molecule has 0 saturated carbocycles. The summed E-state index contributed by atoms with van der Waals surface area (Å²) in [7, 11) is 0. The van der Waals surface area contributed by atoms with Gasteiger partial charge < -0.3 is 37.9 Å². The van der Waals surface area contributed by atoms with Crippen molar-refractivity contribution >= 4 is 0 Å². The van der Waals surface area contributed by atoms with Gasteiger partial charge in [0, 0.05) is 4.91 Å². The smallest absolute Gasteiger partial charge is 0.186 e. The van der Waals surface area contributed by atoms with Gasteiger partial charge in [-0.2, -0.15) is 0 Å². The van der Waals surface area contributed by atoms with E-state index in [9.17, 15) is 5.53 Å². The molecule has 11 heteroatoms. The molecule has 1 aliphatic rings. The minimum atomic E-state index is -1.03. The Morgan fingerprint density at radius 3 is 1.40 bits per heavy atom. The fraction of sp³-hybridized carbons (Fsp3) is 0.424. The molecule has 1 heterocycles. The van der Waals surface area contributed by atoms with Gasteiger partial charge in [-0.3, -0.25) is 0 Å². The number of ether oxygens (including phenoxy) is 8. The zero-order valence-corrected chi connectivity index (χ0v) is 45.1. The van der Waals surface area contributed by atoms with E-state index in [0.29, 0.717) is 26.2 Å². The van der Waals surface area contributed by atoms with E-state index in [0.717, 1.165) is 46.2 Å². The third-order valence-corrected chi connectivity index (χ3v) is 13.8. The Bertz CT molecular complexity index is 2500. The summed E-state index contributed by atoms with van der Waals surface area (Å²) < 4.78 is 55.1. The Labute approximate surface area is 458 Å². The molecule has 0 spiro atoms. The van der Waals surface area contributed by atoms with Crippen LogP contribution in [-0.2, 0) is 77.5 Å². The fourth-order valence-electron chi connectivity index (χ4n) is 9.56. The number of hydrogen-bond donors (Lipinski definition) is 0. The monoisotopic (exact) mass is 1040 g/mol. The molecule has 0 N–H and O–H groups in total. The Hall–Kier alpha value is -5.95. The molecule has 1 fully saturated rings. The number of benzene rings is 6. The van der Waals surface area contributed by atoms with Gasteiger partial charge in [0.05, 0.1) is 71.1 Å². The Morgan fingerprint density at radius 1 is 0.481 bits per heavy atom. The first-order valence-corrected chi connectivity index (χ1v) is 28.0. The van der Waals surface area contributed by atoms with Crippen LogP contribution < -0.4 is 0 Å². The summed E-state index contributed by atoms with van der Waals surface area (Å²) in [6.07, 6.45) is 12.3. The standard InChI is InChI=1S/C66H81N3O8/c1-2-3-4-5-6-7-8-9-10-11-12-31-44-60(71-46-54-34-21-14-22-35-54)62(72-47-55-36-23-15-24-37-55)59(68-69-67)51-76-66-65(75-50-58-42-29-18-30-43-58)64(74-49-57-40-27-17-28-41-57)63(73-48-56-38-25-16-26-39-56)61(77-66)52-70-45-53-32-19-13-20-33-53/h12-43,59-66H,2-11,44-52H2,1H3/b31-12+/t59-,60+,61+,62-,63-,64-,65+,66-/m0/s1. The van der Waals surface area contributed by atoms with Crippen molar-refractivity contribution in [3.05, 3.63) is 238 Å². The van der Waals surface area contributed by atoms with Gasteiger partial charge in [-0.15, -0.1) is 0 Å². The van der Waals surface area contributed by atoms with Crippen LogP contribution in [0.15, 0.2) is 199 Å². The van der Waals surface area contributed by atoms with Crippen LogP contribution in [0.5, 0.6) is 0 Å². The van der Waals surface area contributed by atoms with Crippen LogP contribution >= 0.6 is 0 Å². The predicted molar refractivity (Wildman–Crippen MR) is 304 cm³/mol. The quantitative estimate of drug-likeness (QED) is 0.0124. The number of rotatable bonds is 37. The average Bonchev–Trinajstić information content (AvgIpc) is 3.49. The predicted octanol–water partition coefficient (Wildman–Crippen LogP) is 15.4. The summed E-state index contributed by atoms with van der Waals surface area (Å²) in [6, 6.07) is 59.4. The lowest BCUT2D eigenvalue weighted by atomic mass is 9.97. The highest BCUT2D eigenvalue weighted by Gasteiger charge is 2.49. The molecule has 11 nitrogen and oxygen atoms in total. The largest absolute Gasteiger partial charge is 0.374 e. The van der Waals surface area contributed by atoms with Gasteiger partial charge >= 0.3 is 0 Å². The molecule has 77 heavy (non-hydrogen) atoms. The zero-order valence-electron chi connectivity index (χ0n) is 45.1. The van der Waals surface area contributed by atoms with Crippen molar-refractivity contribution in [2.75, 3.05) is 13.2 Å². The summed E-state index contributed by atoms with van der Waals surface area (Å²) in [5.41, 5.74) is 16.4. The first kappa shape index (κ1) is 58.7. The SMILES string of the molecule is CCCCCCCCCCC/C=C/C[C@@H](OCc1ccccc1)[C@@H](OCc1ccccc1)[C@H](CO[C@H]1O[C@H](COCc2ccccc2)[C@H](OCc2ccccc2)[C@H](OCc2ccccc2)[C@H]1OCc1ccccc1)N=[N+]=[N-]. The van der Waals surface area contributed by atoms with Crippen LogP contribution in [0.2, 0.25) is 0 Å². The van der Waals surface area contributed by atoms with E-state index in [-0.39, 0.29) is 33.0 Å². The minimum Gasteiger partial charge on any atom is -0.374 e. The number of azide groups is 1. The normalized spacial score (nSPS) is 18.6. The van der Waals surface area contributed by atoms with Crippen molar-refractivity contribution in [2.24, 2.45) is 5.11 Å². The van der Waals surface area contributed by atoms with E-state index in [4.69, 9.17) is 37.9 Å². The minimum absolute atomic E-state index is 0.0920. The van der Waals surface area contributed by atoms with Gasteiger partial charge in [0.15, 0.2) is 6.29 Å². The van der Waals surface area contributed by atoms with E-state index in [1.807, 2.05) is 182 Å². The molecular formula is C66H81N3O8. The Morgan fingerprint density at radius 2 is 0.909 bits per heavy atom. The van der Waals surface area contributed by atoms with E-state index in [1.165, 1.54) is 51.4 Å². The maximum absolute atomic E-state index is 10.4. The fourth-order valence-corrected chi connectivity index (χ4v) is 9.56. The molecule has 6 aromatic rings. The van der Waals surface area contributed by atoms with E-state index >= 15 is 0 Å². The van der Waals surface area contributed by atoms with Gasteiger partial charge in [0.1, 0.15) is 24.4 Å². The Balaban J connectivity index is 1.18. The Kier molecular flexibility index (Phi) is 27.0. The molecule has 6 aromatic carbocycles. The molecular weight excluding hydrogens is 963 g/mol. The molecule has 0 unspecified atom stereocenters.